The highest BCUT2D eigenvalue weighted by Gasteiger charge is 2.46. The van der Waals surface area contributed by atoms with Crippen molar-refractivity contribution >= 4 is 33.1 Å². The molecular weight excluding hydrogens is 426 g/mol. The average molecular weight is 456 g/mol. The summed E-state index contributed by atoms with van der Waals surface area (Å²) in [6, 6.07) is 0. The van der Waals surface area contributed by atoms with E-state index in [9.17, 15) is 33.3 Å². The summed E-state index contributed by atoms with van der Waals surface area (Å²) < 4.78 is 32.9. The van der Waals surface area contributed by atoms with E-state index in [4.69, 9.17) is 0 Å². The number of hydrogen-bond donors (Lipinski definition) is 2. The Bertz CT molecular complexity index is 769. The Morgan fingerprint density at radius 3 is 2.10 bits per heavy atom. The van der Waals surface area contributed by atoms with E-state index in [2.05, 4.69) is 8.83 Å². The second-order valence-corrected chi connectivity index (χ2v) is 13.3. The monoisotopic (exact) mass is 456 g/mol. The van der Waals surface area contributed by atoms with Gasteiger partial charge < -0.3 is 14.7 Å². The van der Waals surface area contributed by atoms with Gasteiger partial charge in [-0.15, -0.1) is 0 Å². The van der Waals surface area contributed by atoms with E-state index in [-0.39, 0.29) is 6.42 Å². The van der Waals surface area contributed by atoms with Gasteiger partial charge in [-0.05, 0) is 26.2 Å². The minimum Gasteiger partial charge on any atom is -0.324 e. The van der Waals surface area contributed by atoms with Crippen LogP contribution in [0, 0.1) is 11.3 Å². The first-order valence-electron chi connectivity index (χ1n) is 8.88. The zero-order chi connectivity index (χ0) is 23.0. The largest absolute Gasteiger partial charge is 0.481 e. The molecule has 3 atom stereocenters. The van der Waals surface area contributed by atoms with Gasteiger partial charge in [0.1, 0.15) is 13.3 Å². The fourth-order valence-electron chi connectivity index (χ4n) is 2.30. The van der Waals surface area contributed by atoms with Crippen LogP contribution in [0.1, 0.15) is 48.0 Å². The van der Waals surface area contributed by atoms with Crippen LogP contribution < -0.4 is 0 Å². The summed E-state index contributed by atoms with van der Waals surface area (Å²) in [5.74, 6) is -2.18. The second-order valence-electron chi connectivity index (χ2n) is 9.03. The Hall–Kier alpha value is -1.09. The quantitative estimate of drug-likeness (QED) is 0.333. The summed E-state index contributed by atoms with van der Waals surface area (Å²) >= 11 is 0. The minimum absolute atomic E-state index is 0.00803. The van der Waals surface area contributed by atoms with Gasteiger partial charge in [0.25, 0.3) is 0 Å². The van der Waals surface area contributed by atoms with E-state index >= 15 is 0 Å². The van der Waals surface area contributed by atoms with Crippen LogP contribution in [-0.2, 0) is 32.3 Å². The van der Waals surface area contributed by atoms with Crippen LogP contribution in [0.5, 0.6) is 0 Å². The lowest BCUT2D eigenvalue weighted by Crippen LogP contribution is -2.42. The molecule has 13 heteroatoms. The molecule has 0 aromatic rings. The normalized spacial score (nSPS) is 22.4. The Labute approximate surface area is 170 Å². The summed E-state index contributed by atoms with van der Waals surface area (Å²) in [4.78, 5) is 58.0. The molecule has 3 unspecified atom stereocenters. The number of hydrogen-bond acceptors (Lipinski definition) is 7. The lowest BCUT2D eigenvalue weighted by molar-refractivity contribution is -0.147. The molecule has 1 fully saturated rings. The number of likely N-dealkylation sites (N-methyl/N-ethyl adjacent to an activating group) is 1. The number of rotatable bonds is 7. The summed E-state index contributed by atoms with van der Waals surface area (Å²) in [5, 5.41) is -1.32. The van der Waals surface area contributed by atoms with Gasteiger partial charge in [-0.2, -0.15) is 0 Å². The van der Waals surface area contributed by atoms with E-state index in [0.717, 1.165) is 9.80 Å². The molecule has 168 valence electrons. The van der Waals surface area contributed by atoms with Crippen LogP contribution in [-0.4, -0.2) is 62.8 Å². The predicted octanol–water partition coefficient (Wildman–Crippen LogP) is 1.94. The van der Waals surface area contributed by atoms with Crippen molar-refractivity contribution in [2.24, 2.45) is 11.3 Å². The second kappa shape index (κ2) is 8.57. The number of carbonyl (C=O) groups is 3. The molecule has 1 heterocycles. The molecule has 0 aromatic heterocycles. The predicted molar refractivity (Wildman–Crippen MR) is 103 cm³/mol. The van der Waals surface area contributed by atoms with E-state index in [0.29, 0.717) is 0 Å². The third-order valence-electron chi connectivity index (χ3n) is 4.48. The third kappa shape index (κ3) is 6.70. The first-order chi connectivity index (χ1) is 12.8. The summed E-state index contributed by atoms with van der Waals surface area (Å²) in [6.45, 7) is 8.21. The smallest absolute Gasteiger partial charge is 0.324 e. The zero-order valence-corrected chi connectivity index (χ0v) is 19.5. The highest BCUT2D eigenvalue weighted by Crippen LogP contribution is 2.65. The van der Waals surface area contributed by atoms with Crippen LogP contribution in [0.25, 0.3) is 0 Å². The standard InChI is InChI=1S/C16H30N2O9P2/c1-15(2,3)11-8-12(19)18(14(11)21)9-13(20)17(7)10-26-29(24,25)27-28(22,23)16(4,5)6/h11H,8-10H2,1-7H3,(H,22,23)(H,24,25). The number of carbonyl (C=O) groups excluding carboxylic acids is 3. The van der Waals surface area contributed by atoms with Crippen molar-refractivity contribution < 1.29 is 42.1 Å². The molecule has 0 aromatic carbocycles. The van der Waals surface area contributed by atoms with Gasteiger partial charge in [0, 0.05) is 13.5 Å². The van der Waals surface area contributed by atoms with Gasteiger partial charge in [0.05, 0.1) is 11.1 Å². The molecule has 0 saturated carbocycles. The maximum Gasteiger partial charge on any atom is 0.481 e. The third-order valence-corrected chi connectivity index (χ3v) is 8.33. The molecule has 0 spiro atoms. The summed E-state index contributed by atoms with van der Waals surface area (Å²) in [7, 11) is -8.22. The molecule has 1 saturated heterocycles. The Morgan fingerprint density at radius 2 is 1.69 bits per heavy atom. The van der Waals surface area contributed by atoms with Gasteiger partial charge in [-0.1, -0.05) is 20.8 Å². The molecule has 0 aliphatic carbocycles. The Balaban J connectivity index is 2.70. The molecule has 1 rings (SSSR count). The lowest BCUT2D eigenvalue weighted by Gasteiger charge is -2.27. The van der Waals surface area contributed by atoms with Crippen molar-refractivity contribution in [3.8, 4) is 0 Å². The van der Waals surface area contributed by atoms with E-state index < -0.39 is 62.9 Å². The van der Waals surface area contributed by atoms with Gasteiger partial charge in [0.15, 0.2) is 0 Å². The SMILES string of the molecule is CN(COP(=O)(O)OP(=O)(O)C(C)(C)C)C(=O)CN1C(=O)CC(C(C)(C)C)C1=O. The molecular formula is C16H30N2O9P2. The molecule has 11 nitrogen and oxygen atoms in total. The fourth-order valence-corrected chi connectivity index (χ4v) is 4.91. The van der Waals surface area contributed by atoms with Crippen LogP contribution in [0.2, 0.25) is 0 Å². The van der Waals surface area contributed by atoms with Gasteiger partial charge in [0.2, 0.25) is 17.7 Å². The van der Waals surface area contributed by atoms with Crippen LogP contribution in [0.3, 0.4) is 0 Å². The minimum atomic E-state index is -4.95. The van der Waals surface area contributed by atoms with E-state index in [1.807, 2.05) is 20.8 Å². The van der Waals surface area contributed by atoms with Gasteiger partial charge in [-0.25, -0.2) is 8.88 Å². The Kier molecular flexibility index (Phi) is 7.67. The number of phosphoric acid groups is 1. The van der Waals surface area contributed by atoms with Crippen LogP contribution in [0.15, 0.2) is 0 Å². The topological polar surface area (TPSA) is 151 Å². The average Bonchev–Trinajstić information content (AvgIpc) is 2.78. The van der Waals surface area contributed by atoms with Crippen molar-refractivity contribution in [2.45, 2.75) is 53.1 Å². The van der Waals surface area contributed by atoms with E-state index in [1.54, 1.807) is 0 Å². The molecule has 29 heavy (non-hydrogen) atoms. The number of amides is 3. The van der Waals surface area contributed by atoms with Gasteiger partial charge >= 0.3 is 15.4 Å². The lowest BCUT2D eigenvalue weighted by atomic mass is 9.80. The molecule has 3 amide bonds. The van der Waals surface area contributed by atoms with Crippen molar-refractivity contribution in [2.75, 3.05) is 20.3 Å². The molecule has 1 aliphatic rings. The highest BCUT2D eigenvalue weighted by atomic mass is 31.3. The zero-order valence-electron chi connectivity index (χ0n) is 17.7. The maximum absolute atomic E-state index is 12.4. The molecule has 2 N–H and O–H groups in total. The van der Waals surface area contributed by atoms with Crippen molar-refractivity contribution in [3.05, 3.63) is 0 Å². The summed E-state index contributed by atoms with van der Waals surface area (Å²) in [5.41, 5.74) is -0.439. The van der Waals surface area contributed by atoms with Gasteiger partial charge in [-0.3, -0.25) is 28.4 Å². The van der Waals surface area contributed by atoms with Crippen molar-refractivity contribution in [1.29, 1.82) is 0 Å². The van der Waals surface area contributed by atoms with Crippen molar-refractivity contribution in [1.82, 2.24) is 9.80 Å². The summed E-state index contributed by atoms with van der Waals surface area (Å²) in [6.07, 6.45) is 0.00803. The number of nitrogens with zero attached hydrogens (tertiary/aromatic N) is 2. The fraction of sp³-hybridized carbons (Fsp3) is 0.812. The van der Waals surface area contributed by atoms with Crippen LogP contribution >= 0.6 is 15.4 Å². The first-order valence-corrected chi connectivity index (χ1v) is 12.0. The number of imide groups is 1. The molecule has 0 bridgehead atoms. The van der Waals surface area contributed by atoms with Crippen molar-refractivity contribution in [3.63, 3.8) is 0 Å². The maximum atomic E-state index is 12.4. The molecule has 0 radical (unpaired) electrons. The first kappa shape index (κ1) is 25.9. The number of likely N-dealkylation sites (tertiary alicyclic amines) is 1. The van der Waals surface area contributed by atoms with E-state index in [1.165, 1.54) is 27.8 Å². The highest BCUT2D eigenvalue weighted by molar-refractivity contribution is 7.64. The van der Waals surface area contributed by atoms with Crippen LogP contribution in [0.4, 0.5) is 0 Å². The molecule has 1 aliphatic heterocycles. The number of phosphoric ester groups is 1. The Morgan fingerprint density at radius 1 is 1.17 bits per heavy atom.